The van der Waals surface area contributed by atoms with Crippen LogP contribution < -0.4 is 0 Å². The molecule has 3 heteroatoms. The molecule has 0 fully saturated rings. The monoisotopic (exact) mass is 308 g/mol. The lowest BCUT2D eigenvalue weighted by atomic mass is 10.2. The molecule has 0 aliphatic rings. The van der Waals surface area contributed by atoms with Crippen molar-refractivity contribution >= 4 is 26.7 Å². The third kappa shape index (κ3) is 2.85. The maximum absolute atomic E-state index is 12.4. The van der Waals surface area contributed by atoms with Gasteiger partial charge >= 0.3 is 0 Å². The second-order valence-corrected chi connectivity index (χ2v) is 5.83. The van der Waals surface area contributed by atoms with E-state index in [1.807, 2.05) is 55.5 Å². The van der Waals surface area contributed by atoms with Crippen molar-refractivity contribution in [3.63, 3.8) is 0 Å². The van der Waals surface area contributed by atoms with E-state index in [9.17, 15) is 4.21 Å². The van der Waals surface area contributed by atoms with Crippen LogP contribution in [-0.4, -0.2) is 4.21 Å². The van der Waals surface area contributed by atoms with Crippen LogP contribution in [0.4, 0.5) is 0 Å². The summed E-state index contributed by atoms with van der Waals surface area (Å²) >= 11 is 3.43. The van der Waals surface area contributed by atoms with E-state index < -0.39 is 10.8 Å². The Morgan fingerprint density at radius 1 is 1.06 bits per heavy atom. The van der Waals surface area contributed by atoms with Gasteiger partial charge in [0.25, 0.3) is 0 Å². The van der Waals surface area contributed by atoms with Gasteiger partial charge in [-0.05, 0) is 30.7 Å². The Morgan fingerprint density at radius 3 is 2.35 bits per heavy atom. The molecule has 2 rings (SSSR count). The minimum Gasteiger partial charge on any atom is -0.249 e. The fourth-order valence-corrected chi connectivity index (χ4v) is 3.48. The van der Waals surface area contributed by atoms with Gasteiger partial charge < -0.3 is 0 Å². The van der Waals surface area contributed by atoms with E-state index >= 15 is 0 Å². The molecule has 0 spiro atoms. The summed E-state index contributed by atoms with van der Waals surface area (Å²) in [6.07, 6.45) is 0. The zero-order valence-corrected chi connectivity index (χ0v) is 11.9. The summed E-state index contributed by atoms with van der Waals surface area (Å²) in [5, 5.41) is 0.723. The van der Waals surface area contributed by atoms with E-state index in [0.717, 1.165) is 20.7 Å². The number of hydrogen-bond donors (Lipinski definition) is 0. The Kier molecular flexibility index (Phi) is 4.13. The molecule has 17 heavy (non-hydrogen) atoms. The molecule has 2 aromatic rings. The average molecular weight is 309 g/mol. The van der Waals surface area contributed by atoms with Gasteiger partial charge in [0.05, 0.1) is 10.8 Å². The predicted molar refractivity (Wildman–Crippen MR) is 74.9 cm³/mol. The zero-order chi connectivity index (χ0) is 12.3. The number of halogens is 1. The lowest BCUT2D eigenvalue weighted by molar-refractivity contribution is 0.682. The quantitative estimate of drug-likeness (QED) is 0.782. The topological polar surface area (TPSA) is 17.1 Å². The van der Waals surface area contributed by atoms with E-state index in [-0.39, 0.29) is 0 Å². The second kappa shape index (κ2) is 5.61. The van der Waals surface area contributed by atoms with Crippen molar-refractivity contribution in [2.75, 3.05) is 0 Å². The molecule has 0 aromatic heterocycles. The molecule has 0 saturated heterocycles. The lowest BCUT2D eigenvalue weighted by Gasteiger charge is -2.07. The number of alkyl halides is 1. The molecule has 0 aliphatic carbocycles. The van der Waals surface area contributed by atoms with E-state index in [4.69, 9.17) is 0 Å². The van der Waals surface area contributed by atoms with Crippen molar-refractivity contribution in [2.24, 2.45) is 0 Å². The number of hydrogen-bond acceptors (Lipinski definition) is 1. The highest BCUT2D eigenvalue weighted by Crippen LogP contribution is 2.22. The van der Waals surface area contributed by atoms with Gasteiger partial charge in [0.2, 0.25) is 0 Å². The molecule has 0 unspecified atom stereocenters. The summed E-state index contributed by atoms with van der Waals surface area (Å²) in [6, 6.07) is 15.6. The molecule has 0 N–H and O–H groups in total. The highest BCUT2D eigenvalue weighted by Gasteiger charge is 2.10. The Bertz CT molecular complexity index is 534. The van der Waals surface area contributed by atoms with Crippen molar-refractivity contribution in [1.82, 2.24) is 0 Å². The van der Waals surface area contributed by atoms with Crippen LogP contribution in [0.3, 0.4) is 0 Å². The van der Waals surface area contributed by atoms with Crippen LogP contribution in [0.5, 0.6) is 0 Å². The summed E-state index contributed by atoms with van der Waals surface area (Å²) in [5.41, 5.74) is 2.26. The van der Waals surface area contributed by atoms with E-state index in [1.54, 1.807) is 0 Å². The van der Waals surface area contributed by atoms with Crippen molar-refractivity contribution in [1.29, 1.82) is 0 Å². The molecular formula is C14H13BrOS. The third-order valence-corrected chi connectivity index (χ3v) is 4.65. The standard InChI is InChI=1S/C14H13BrOS/c1-11-6-8-13(9-7-11)17(16)14-5-3-2-4-12(14)10-15/h2-9H,10H2,1H3/t17-/m0/s1. The average Bonchev–Trinajstić information content (AvgIpc) is 2.39. The molecule has 0 saturated carbocycles. The molecule has 0 amide bonds. The minimum absolute atomic E-state index is 0.723. The first-order valence-corrected chi connectivity index (χ1v) is 7.62. The highest BCUT2D eigenvalue weighted by molar-refractivity contribution is 9.08. The van der Waals surface area contributed by atoms with Crippen LogP contribution in [0.15, 0.2) is 58.3 Å². The normalized spacial score (nSPS) is 12.4. The zero-order valence-electron chi connectivity index (χ0n) is 9.52. The van der Waals surface area contributed by atoms with Crippen molar-refractivity contribution in [2.45, 2.75) is 22.0 Å². The van der Waals surface area contributed by atoms with Gasteiger partial charge in [0, 0.05) is 15.1 Å². The van der Waals surface area contributed by atoms with Gasteiger partial charge in [-0.3, -0.25) is 0 Å². The van der Waals surface area contributed by atoms with Crippen LogP contribution in [0.1, 0.15) is 11.1 Å². The first kappa shape index (κ1) is 12.5. The maximum Gasteiger partial charge on any atom is 0.0852 e. The summed E-state index contributed by atoms with van der Waals surface area (Å²) < 4.78 is 12.4. The van der Waals surface area contributed by atoms with Crippen molar-refractivity contribution < 1.29 is 4.21 Å². The van der Waals surface area contributed by atoms with Gasteiger partial charge in [-0.25, -0.2) is 4.21 Å². The molecule has 0 heterocycles. The summed E-state index contributed by atoms with van der Waals surface area (Å²) in [6.45, 7) is 2.03. The van der Waals surface area contributed by atoms with Crippen molar-refractivity contribution in [3.8, 4) is 0 Å². The van der Waals surface area contributed by atoms with Gasteiger partial charge in [0.1, 0.15) is 0 Å². The summed E-state index contributed by atoms with van der Waals surface area (Å²) in [5.74, 6) is 0. The van der Waals surface area contributed by atoms with Crippen LogP contribution in [0, 0.1) is 6.92 Å². The van der Waals surface area contributed by atoms with E-state index in [1.165, 1.54) is 5.56 Å². The van der Waals surface area contributed by atoms with Gasteiger partial charge in [-0.2, -0.15) is 0 Å². The largest absolute Gasteiger partial charge is 0.249 e. The Morgan fingerprint density at radius 2 is 1.71 bits per heavy atom. The van der Waals surface area contributed by atoms with Crippen LogP contribution in [0.2, 0.25) is 0 Å². The molecule has 1 nitrogen and oxygen atoms in total. The summed E-state index contributed by atoms with van der Waals surface area (Å²) in [4.78, 5) is 1.73. The molecule has 1 atom stereocenters. The molecule has 2 aromatic carbocycles. The molecule has 0 bridgehead atoms. The Labute approximate surface area is 112 Å². The van der Waals surface area contributed by atoms with Gasteiger partial charge in [0.15, 0.2) is 0 Å². The van der Waals surface area contributed by atoms with Crippen LogP contribution >= 0.6 is 15.9 Å². The van der Waals surface area contributed by atoms with Gasteiger partial charge in [-0.15, -0.1) is 0 Å². The first-order chi connectivity index (χ1) is 8.22. The molecule has 88 valence electrons. The molecular weight excluding hydrogens is 296 g/mol. The second-order valence-electron chi connectivity index (χ2n) is 3.82. The predicted octanol–water partition coefficient (Wildman–Crippen LogP) is 4.06. The summed E-state index contributed by atoms with van der Waals surface area (Å²) in [7, 11) is -1.10. The Balaban J connectivity index is 2.40. The minimum atomic E-state index is -1.10. The Hall–Kier alpha value is -0.930. The fraction of sp³-hybridized carbons (Fsp3) is 0.143. The lowest BCUT2D eigenvalue weighted by Crippen LogP contribution is -1.96. The fourth-order valence-electron chi connectivity index (χ4n) is 1.58. The highest BCUT2D eigenvalue weighted by atomic mass is 79.9. The van der Waals surface area contributed by atoms with Crippen LogP contribution in [0.25, 0.3) is 0 Å². The van der Waals surface area contributed by atoms with E-state index in [0.29, 0.717) is 0 Å². The number of benzene rings is 2. The molecule has 0 radical (unpaired) electrons. The molecule has 0 aliphatic heterocycles. The number of aryl methyl sites for hydroxylation is 1. The third-order valence-electron chi connectivity index (χ3n) is 2.55. The number of rotatable bonds is 3. The smallest absolute Gasteiger partial charge is 0.0852 e. The SMILES string of the molecule is Cc1ccc([S@](=O)c2ccccc2CBr)cc1. The van der Waals surface area contributed by atoms with E-state index in [2.05, 4.69) is 15.9 Å². The maximum atomic E-state index is 12.4. The van der Waals surface area contributed by atoms with Gasteiger partial charge in [-0.1, -0.05) is 51.8 Å². The first-order valence-electron chi connectivity index (χ1n) is 5.34. The van der Waals surface area contributed by atoms with Crippen molar-refractivity contribution in [3.05, 3.63) is 59.7 Å². The van der Waals surface area contributed by atoms with Crippen LogP contribution in [-0.2, 0) is 16.1 Å².